The lowest BCUT2D eigenvalue weighted by molar-refractivity contribution is -0.141. The maximum Gasteiger partial charge on any atom is 0.326 e. The van der Waals surface area contributed by atoms with Crippen LogP contribution in [0.3, 0.4) is 0 Å². The van der Waals surface area contributed by atoms with E-state index in [1.54, 1.807) is 12.1 Å². The molecule has 2 fully saturated rings. The Balaban J connectivity index is 1.24. The molecule has 1 heterocycles. The van der Waals surface area contributed by atoms with Gasteiger partial charge < -0.3 is 20.4 Å². The molecule has 2 aliphatic rings. The van der Waals surface area contributed by atoms with Crippen LogP contribution in [0.5, 0.6) is 0 Å². The van der Waals surface area contributed by atoms with Gasteiger partial charge in [0.2, 0.25) is 0 Å². The summed E-state index contributed by atoms with van der Waals surface area (Å²) >= 11 is 0. The van der Waals surface area contributed by atoms with Crippen molar-refractivity contribution in [1.82, 2.24) is 10.2 Å². The van der Waals surface area contributed by atoms with Crippen molar-refractivity contribution in [1.29, 1.82) is 0 Å². The molecule has 0 aromatic heterocycles. The Kier molecular flexibility index (Phi) is 7.08. The molecule has 5 unspecified atom stereocenters. The summed E-state index contributed by atoms with van der Waals surface area (Å²) in [6.07, 6.45) is 3.74. The highest BCUT2D eigenvalue weighted by Gasteiger charge is 2.39. The molecular weight excluding hydrogens is 452 g/mol. The van der Waals surface area contributed by atoms with Gasteiger partial charge in [0.25, 0.3) is 5.91 Å². The number of aliphatic hydroxyl groups excluding tert-OH is 1. The molecule has 3 N–H and O–H groups in total. The number of carbonyl (C=O) groups is 2. The number of rotatable bonds is 6. The maximum absolute atomic E-state index is 12.9. The highest BCUT2D eigenvalue weighted by molar-refractivity contribution is 5.97. The summed E-state index contributed by atoms with van der Waals surface area (Å²) < 4.78 is 0. The number of hydrogen-bond acceptors (Lipinski definition) is 4. The van der Waals surface area contributed by atoms with Crippen LogP contribution in [0.25, 0.3) is 10.8 Å². The van der Waals surface area contributed by atoms with Crippen LogP contribution in [-0.2, 0) is 4.79 Å². The normalized spacial score (nSPS) is 25.1. The number of amides is 1. The summed E-state index contributed by atoms with van der Waals surface area (Å²) in [5, 5.41) is 25.7. The van der Waals surface area contributed by atoms with Crippen molar-refractivity contribution in [3.8, 4) is 0 Å². The highest BCUT2D eigenvalue weighted by Crippen LogP contribution is 2.35. The van der Waals surface area contributed by atoms with Crippen LogP contribution in [0, 0.1) is 0 Å². The van der Waals surface area contributed by atoms with Crippen LogP contribution in [0.4, 0.5) is 0 Å². The molecule has 3 aromatic carbocycles. The van der Waals surface area contributed by atoms with E-state index in [9.17, 15) is 19.8 Å². The van der Waals surface area contributed by atoms with Gasteiger partial charge in [0.05, 0.1) is 6.10 Å². The zero-order chi connectivity index (χ0) is 25.2. The number of β-amino-alcohol motifs (C(OH)–C–C–N with tert-alkyl or cyclic N) is 1. The van der Waals surface area contributed by atoms with E-state index in [-0.39, 0.29) is 24.9 Å². The summed E-state index contributed by atoms with van der Waals surface area (Å²) in [5.74, 6) is -0.993. The highest BCUT2D eigenvalue weighted by atomic mass is 16.4. The first-order valence-corrected chi connectivity index (χ1v) is 13.0. The Morgan fingerprint density at radius 3 is 2.50 bits per heavy atom. The predicted molar refractivity (Wildman–Crippen MR) is 140 cm³/mol. The van der Waals surface area contributed by atoms with Gasteiger partial charge in [-0.25, -0.2) is 4.79 Å². The van der Waals surface area contributed by atoms with Gasteiger partial charge in [-0.3, -0.25) is 4.79 Å². The molecular formula is C30H34N2O4. The number of benzene rings is 3. The average molecular weight is 487 g/mol. The quantitative estimate of drug-likeness (QED) is 0.462. The zero-order valence-corrected chi connectivity index (χ0v) is 20.6. The van der Waals surface area contributed by atoms with Gasteiger partial charge in [-0.2, -0.15) is 0 Å². The van der Waals surface area contributed by atoms with Gasteiger partial charge in [-0.05, 0) is 66.1 Å². The van der Waals surface area contributed by atoms with E-state index in [0.29, 0.717) is 17.5 Å². The molecule has 0 radical (unpaired) electrons. The first-order chi connectivity index (χ1) is 17.4. The van der Waals surface area contributed by atoms with Crippen molar-refractivity contribution in [2.75, 3.05) is 6.54 Å². The van der Waals surface area contributed by atoms with Crippen molar-refractivity contribution in [2.45, 2.75) is 69.2 Å². The molecule has 1 saturated heterocycles. The Morgan fingerprint density at radius 1 is 0.972 bits per heavy atom. The second-order valence-corrected chi connectivity index (χ2v) is 10.3. The topological polar surface area (TPSA) is 89.9 Å². The Morgan fingerprint density at radius 2 is 1.72 bits per heavy atom. The summed E-state index contributed by atoms with van der Waals surface area (Å²) in [6.45, 7) is 2.30. The minimum Gasteiger partial charge on any atom is -0.480 e. The molecule has 0 bridgehead atoms. The monoisotopic (exact) mass is 486 g/mol. The van der Waals surface area contributed by atoms with E-state index in [1.165, 1.54) is 26.8 Å². The number of aliphatic carboxylic acids is 1. The second kappa shape index (κ2) is 10.4. The molecule has 0 spiro atoms. The lowest BCUT2D eigenvalue weighted by atomic mass is 9.80. The van der Waals surface area contributed by atoms with Gasteiger partial charge in [-0.1, -0.05) is 61.0 Å². The molecule has 36 heavy (non-hydrogen) atoms. The Bertz CT molecular complexity index is 1240. The number of fused-ring (bicyclic) bond motifs is 1. The molecule has 1 saturated carbocycles. The number of nitrogens with zero attached hydrogens (tertiary/aromatic N) is 1. The maximum atomic E-state index is 12.9. The standard InChI is InChI=1S/C30H34N2O4/c1-19(26-11-5-7-21-6-2-3-10-27(21)26)31-24-9-4-8-23(16-24)20-12-14-22(15-13-20)29(34)32-18-25(33)17-28(32)30(35)36/h2-3,5-7,10-15,19,23-25,28,31,33H,4,8-9,16-18H2,1H3,(H,35,36). The van der Waals surface area contributed by atoms with Crippen molar-refractivity contribution >= 4 is 22.6 Å². The fraction of sp³-hybridized carbons (Fsp3) is 0.400. The zero-order valence-electron chi connectivity index (χ0n) is 20.6. The fourth-order valence-electron chi connectivity index (χ4n) is 6.05. The largest absolute Gasteiger partial charge is 0.480 e. The van der Waals surface area contributed by atoms with Crippen LogP contribution in [0.15, 0.2) is 66.7 Å². The molecule has 188 valence electrons. The molecule has 6 heteroatoms. The van der Waals surface area contributed by atoms with E-state index in [2.05, 4.69) is 54.7 Å². The number of carboxylic acid groups (broad SMARTS) is 1. The molecule has 5 atom stereocenters. The SMILES string of the molecule is CC(NC1CCCC(c2ccc(C(=O)N3CC(O)CC3C(=O)O)cc2)C1)c1cccc2ccccc12. The van der Waals surface area contributed by atoms with Crippen molar-refractivity contribution < 1.29 is 19.8 Å². The van der Waals surface area contributed by atoms with E-state index >= 15 is 0 Å². The van der Waals surface area contributed by atoms with Gasteiger partial charge in [-0.15, -0.1) is 0 Å². The van der Waals surface area contributed by atoms with E-state index in [0.717, 1.165) is 25.7 Å². The van der Waals surface area contributed by atoms with Crippen LogP contribution in [0.2, 0.25) is 0 Å². The fourth-order valence-corrected chi connectivity index (χ4v) is 6.05. The first kappa shape index (κ1) is 24.5. The number of carboxylic acids is 1. The van der Waals surface area contributed by atoms with Crippen molar-refractivity contribution in [3.63, 3.8) is 0 Å². The number of likely N-dealkylation sites (tertiary alicyclic amines) is 1. The van der Waals surface area contributed by atoms with Crippen LogP contribution in [-0.4, -0.2) is 51.7 Å². The average Bonchev–Trinajstić information content (AvgIpc) is 3.30. The van der Waals surface area contributed by atoms with Crippen LogP contribution < -0.4 is 5.32 Å². The molecule has 1 aliphatic carbocycles. The number of aliphatic hydroxyl groups is 1. The summed E-state index contributed by atoms with van der Waals surface area (Å²) in [5.41, 5.74) is 3.01. The minimum atomic E-state index is -1.07. The van der Waals surface area contributed by atoms with Gasteiger partial charge in [0, 0.05) is 30.6 Å². The Hall–Kier alpha value is -3.22. The molecule has 5 rings (SSSR count). The molecule has 1 aliphatic heterocycles. The van der Waals surface area contributed by atoms with Crippen LogP contribution in [0.1, 0.15) is 72.5 Å². The lowest BCUT2D eigenvalue weighted by Gasteiger charge is -2.32. The number of carbonyl (C=O) groups excluding carboxylic acids is 1. The molecule has 6 nitrogen and oxygen atoms in total. The second-order valence-electron chi connectivity index (χ2n) is 10.3. The van der Waals surface area contributed by atoms with Gasteiger partial charge >= 0.3 is 5.97 Å². The smallest absolute Gasteiger partial charge is 0.326 e. The summed E-state index contributed by atoms with van der Waals surface area (Å²) in [4.78, 5) is 25.7. The number of hydrogen-bond donors (Lipinski definition) is 3. The first-order valence-electron chi connectivity index (χ1n) is 13.0. The van der Waals surface area contributed by atoms with Gasteiger partial charge in [0.15, 0.2) is 0 Å². The molecule has 3 aromatic rings. The summed E-state index contributed by atoms with van der Waals surface area (Å²) in [6, 6.07) is 22.3. The third-order valence-corrected chi connectivity index (χ3v) is 7.90. The van der Waals surface area contributed by atoms with Crippen molar-refractivity contribution in [2.24, 2.45) is 0 Å². The van der Waals surface area contributed by atoms with E-state index in [1.807, 2.05) is 12.1 Å². The van der Waals surface area contributed by atoms with E-state index < -0.39 is 18.1 Å². The summed E-state index contributed by atoms with van der Waals surface area (Å²) in [7, 11) is 0. The third-order valence-electron chi connectivity index (χ3n) is 7.90. The predicted octanol–water partition coefficient (Wildman–Crippen LogP) is 4.88. The lowest BCUT2D eigenvalue weighted by Crippen LogP contribution is -2.40. The Labute approximate surface area is 211 Å². The van der Waals surface area contributed by atoms with Crippen molar-refractivity contribution in [3.05, 3.63) is 83.4 Å². The molecule has 1 amide bonds. The van der Waals surface area contributed by atoms with Gasteiger partial charge in [0.1, 0.15) is 6.04 Å². The van der Waals surface area contributed by atoms with Crippen LogP contribution >= 0.6 is 0 Å². The third kappa shape index (κ3) is 5.01. The van der Waals surface area contributed by atoms with E-state index in [4.69, 9.17) is 0 Å². The number of nitrogens with one attached hydrogen (secondary N) is 1. The minimum absolute atomic E-state index is 0.0579.